The molecule has 0 spiro atoms. The van der Waals surface area contributed by atoms with Crippen LogP contribution in [0.1, 0.15) is 21.6 Å². The van der Waals surface area contributed by atoms with E-state index < -0.39 is 5.91 Å². The first kappa shape index (κ1) is 12.8. The van der Waals surface area contributed by atoms with Gasteiger partial charge in [0, 0.05) is 11.8 Å². The van der Waals surface area contributed by atoms with Crippen molar-refractivity contribution in [2.45, 2.75) is 6.92 Å². The van der Waals surface area contributed by atoms with Crippen LogP contribution in [0.25, 0.3) is 0 Å². The predicted molar refractivity (Wildman–Crippen MR) is 72.1 cm³/mol. The standard InChI is InChI=1S/C14H13N3O2/c1-10-5-4-6-11(13(10)18)9-16-17-14(19)12-7-2-3-8-15-12/h2-9,18H,1H3,(H,17,19)/b16-9-. The van der Waals surface area contributed by atoms with E-state index in [9.17, 15) is 9.90 Å². The lowest BCUT2D eigenvalue weighted by atomic mass is 10.1. The van der Waals surface area contributed by atoms with Gasteiger partial charge in [-0.25, -0.2) is 5.43 Å². The van der Waals surface area contributed by atoms with Crippen molar-refractivity contribution in [1.82, 2.24) is 10.4 Å². The minimum absolute atomic E-state index is 0.151. The van der Waals surface area contributed by atoms with Gasteiger partial charge in [-0.05, 0) is 30.7 Å². The monoisotopic (exact) mass is 255 g/mol. The highest BCUT2D eigenvalue weighted by Crippen LogP contribution is 2.19. The molecule has 19 heavy (non-hydrogen) atoms. The maximum atomic E-state index is 11.6. The molecular formula is C14H13N3O2. The van der Waals surface area contributed by atoms with Crippen LogP contribution in [0, 0.1) is 6.92 Å². The number of aromatic nitrogens is 1. The van der Waals surface area contributed by atoms with Gasteiger partial charge in [-0.3, -0.25) is 9.78 Å². The Morgan fingerprint density at radius 3 is 2.89 bits per heavy atom. The van der Waals surface area contributed by atoms with E-state index in [2.05, 4.69) is 15.5 Å². The number of hydrogen-bond donors (Lipinski definition) is 2. The number of carbonyl (C=O) groups is 1. The SMILES string of the molecule is Cc1cccc(/C=N\NC(=O)c2ccccn2)c1O. The van der Waals surface area contributed by atoms with Gasteiger partial charge in [0.1, 0.15) is 11.4 Å². The average Bonchev–Trinajstić information content (AvgIpc) is 2.44. The Kier molecular flexibility index (Phi) is 3.87. The molecule has 5 heteroatoms. The number of aryl methyl sites for hydroxylation is 1. The molecule has 1 aromatic carbocycles. The lowest BCUT2D eigenvalue weighted by molar-refractivity contribution is 0.0950. The van der Waals surface area contributed by atoms with E-state index in [-0.39, 0.29) is 11.4 Å². The molecule has 2 N–H and O–H groups in total. The van der Waals surface area contributed by atoms with Crippen LogP contribution in [-0.2, 0) is 0 Å². The molecule has 5 nitrogen and oxygen atoms in total. The number of hydrazone groups is 1. The van der Waals surface area contributed by atoms with Gasteiger partial charge in [0.05, 0.1) is 6.21 Å². The molecular weight excluding hydrogens is 242 g/mol. The van der Waals surface area contributed by atoms with E-state index >= 15 is 0 Å². The van der Waals surface area contributed by atoms with Crippen LogP contribution in [0.4, 0.5) is 0 Å². The number of para-hydroxylation sites is 1. The van der Waals surface area contributed by atoms with E-state index in [1.165, 1.54) is 12.4 Å². The largest absolute Gasteiger partial charge is 0.507 e. The third kappa shape index (κ3) is 3.16. The smallest absolute Gasteiger partial charge is 0.289 e. The van der Waals surface area contributed by atoms with Gasteiger partial charge in [-0.15, -0.1) is 0 Å². The number of rotatable bonds is 3. The van der Waals surface area contributed by atoms with Crippen LogP contribution in [0.2, 0.25) is 0 Å². The van der Waals surface area contributed by atoms with Crippen LogP contribution in [0.5, 0.6) is 5.75 Å². The number of aromatic hydroxyl groups is 1. The van der Waals surface area contributed by atoms with Crippen LogP contribution < -0.4 is 5.43 Å². The fourth-order valence-electron chi connectivity index (χ4n) is 1.50. The number of carbonyl (C=O) groups excluding carboxylic acids is 1. The van der Waals surface area contributed by atoms with E-state index in [1.807, 2.05) is 0 Å². The molecule has 0 aliphatic heterocycles. The van der Waals surface area contributed by atoms with Crippen molar-refractivity contribution in [3.8, 4) is 5.75 Å². The van der Waals surface area contributed by atoms with Crippen molar-refractivity contribution in [3.63, 3.8) is 0 Å². The molecule has 1 amide bonds. The van der Waals surface area contributed by atoms with Crippen molar-refractivity contribution in [2.75, 3.05) is 0 Å². The molecule has 0 fully saturated rings. The van der Waals surface area contributed by atoms with Gasteiger partial charge in [-0.2, -0.15) is 5.10 Å². The highest BCUT2D eigenvalue weighted by atomic mass is 16.3. The van der Waals surface area contributed by atoms with Crippen LogP contribution in [0.15, 0.2) is 47.7 Å². The van der Waals surface area contributed by atoms with Crippen LogP contribution in [0.3, 0.4) is 0 Å². The molecule has 0 atom stereocenters. The topological polar surface area (TPSA) is 74.6 Å². The predicted octanol–water partition coefficient (Wildman–Crippen LogP) is 1.86. The number of hydrogen-bond acceptors (Lipinski definition) is 4. The Morgan fingerprint density at radius 1 is 1.32 bits per heavy atom. The quantitative estimate of drug-likeness (QED) is 0.649. The lowest BCUT2D eigenvalue weighted by Crippen LogP contribution is -2.18. The molecule has 2 rings (SSSR count). The number of pyridine rings is 1. The average molecular weight is 255 g/mol. The van der Waals surface area contributed by atoms with E-state index in [1.54, 1.807) is 43.3 Å². The van der Waals surface area contributed by atoms with Crippen molar-refractivity contribution in [2.24, 2.45) is 5.10 Å². The Hall–Kier alpha value is -2.69. The molecule has 0 saturated carbocycles. The van der Waals surface area contributed by atoms with E-state index in [0.29, 0.717) is 5.56 Å². The lowest BCUT2D eigenvalue weighted by Gasteiger charge is -2.02. The van der Waals surface area contributed by atoms with Gasteiger partial charge >= 0.3 is 0 Å². The first-order valence-electron chi connectivity index (χ1n) is 5.71. The Bertz CT molecular complexity index is 609. The molecule has 1 aromatic heterocycles. The fourth-order valence-corrected chi connectivity index (χ4v) is 1.50. The molecule has 2 aromatic rings. The zero-order valence-electron chi connectivity index (χ0n) is 10.4. The zero-order valence-corrected chi connectivity index (χ0v) is 10.4. The normalized spacial score (nSPS) is 10.6. The summed E-state index contributed by atoms with van der Waals surface area (Å²) in [5.41, 5.74) is 3.93. The van der Waals surface area contributed by atoms with Crippen molar-refractivity contribution < 1.29 is 9.90 Å². The highest BCUT2D eigenvalue weighted by Gasteiger charge is 2.04. The first-order valence-corrected chi connectivity index (χ1v) is 5.71. The number of phenolic OH excluding ortho intramolecular Hbond substituents is 1. The molecule has 0 radical (unpaired) electrons. The second kappa shape index (κ2) is 5.77. The summed E-state index contributed by atoms with van der Waals surface area (Å²) in [5.74, 6) is -0.248. The summed E-state index contributed by atoms with van der Waals surface area (Å²) in [6, 6.07) is 10.3. The molecule has 1 heterocycles. The molecule has 0 aliphatic carbocycles. The Labute approximate surface area is 110 Å². The maximum absolute atomic E-state index is 11.6. The van der Waals surface area contributed by atoms with Crippen molar-refractivity contribution in [3.05, 3.63) is 59.4 Å². The molecule has 96 valence electrons. The first-order chi connectivity index (χ1) is 9.18. The van der Waals surface area contributed by atoms with Crippen molar-refractivity contribution in [1.29, 1.82) is 0 Å². The Balaban J connectivity index is 2.05. The van der Waals surface area contributed by atoms with Crippen LogP contribution >= 0.6 is 0 Å². The minimum Gasteiger partial charge on any atom is -0.507 e. The van der Waals surface area contributed by atoms with Crippen molar-refractivity contribution >= 4 is 12.1 Å². The van der Waals surface area contributed by atoms with Gasteiger partial charge < -0.3 is 5.11 Å². The van der Waals surface area contributed by atoms with E-state index in [4.69, 9.17) is 0 Å². The van der Waals surface area contributed by atoms with Gasteiger partial charge in [0.15, 0.2) is 0 Å². The molecule has 0 aliphatic rings. The summed E-state index contributed by atoms with van der Waals surface area (Å²) in [6.45, 7) is 1.79. The summed E-state index contributed by atoms with van der Waals surface area (Å²) in [4.78, 5) is 15.5. The fraction of sp³-hybridized carbons (Fsp3) is 0.0714. The summed E-state index contributed by atoms with van der Waals surface area (Å²) >= 11 is 0. The number of benzene rings is 1. The van der Waals surface area contributed by atoms with Crippen LogP contribution in [-0.4, -0.2) is 22.2 Å². The third-order valence-corrected chi connectivity index (χ3v) is 2.54. The van der Waals surface area contributed by atoms with Gasteiger partial charge in [0.2, 0.25) is 0 Å². The number of phenols is 1. The van der Waals surface area contributed by atoms with Gasteiger partial charge in [0.25, 0.3) is 5.91 Å². The number of nitrogens with one attached hydrogen (secondary N) is 1. The zero-order chi connectivity index (χ0) is 13.7. The van der Waals surface area contributed by atoms with Gasteiger partial charge in [-0.1, -0.05) is 18.2 Å². The highest BCUT2D eigenvalue weighted by molar-refractivity contribution is 5.93. The Morgan fingerprint density at radius 2 is 2.16 bits per heavy atom. The molecule has 0 unspecified atom stereocenters. The second-order valence-electron chi connectivity index (χ2n) is 3.93. The second-order valence-corrected chi connectivity index (χ2v) is 3.93. The summed E-state index contributed by atoms with van der Waals surface area (Å²) < 4.78 is 0. The summed E-state index contributed by atoms with van der Waals surface area (Å²) in [6.07, 6.45) is 2.92. The maximum Gasteiger partial charge on any atom is 0.289 e. The molecule has 0 saturated heterocycles. The summed E-state index contributed by atoms with van der Waals surface area (Å²) in [7, 11) is 0. The van der Waals surface area contributed by atoms with E-state index in [0.717, 1.165) is 5.56 Å². The summed E-state index contributed by atoms with van der Waals surface area (Å²) in [5, 5.41) is 13.6. The third-order valence-electron chi connectivity index (χ3n) is 2.54. The number of nitrogens with zero attached hydrogens (tertiary/aromatic N) is 2. The number of amides is 1. The minimum atomic E-state index is -0.399. The molecule has 0 bridgehead atoms.